The van der Waals surface area contributed by atoms with Crippen molar-refractivity contribution in [3.05, 3.63) is 41.4 Å². The first kappa shape index (κ1) is 13.5. The normalized spacial score (nSPS) is 10.8. The van der Waals surface area contributed by atoms with Gasteiger partial charge in [0.2, 0.25) is 5.89 Å². The highest BCUT2D eigenvalue weighted by atomic mass is 35.5. The fourth-order valence-electron chi connectivity index (χ4n) is 1.97. The minimum atomic E-state index is -0.465. The second-order valence-corrected chi connectivity index (χ2v) is 4.80. The van der Waals surface area contributed by atoms with E-state index in [2.05, 4.69) is 4.98 Å². The molecular weight excluding hydrogens is 292 g/mol. The zero-order chi connectivity index (χ0) is 15.0. The predicted molar refractivity (Wildman–Crippen MR) is 80.2 cm³/mol. The number of oxazole rings is 1. The van der Waals surface area contributed by atoms with E-state index in [1.165, 1.54) is 6.92 Å². The van der Waals surface area contributed by atoms with Crippen molar-refractivity contribution in [3.8, 4) is 17.2 Å². The van der Waals surface area contributed by atoms with E-state index in [-0.39, 0.29) is 16.5 Å². The summed E-state index contributed by atoms with van der Waals surface area (Å²) in [4.78, 5) is 15.4. The number of carbonyl (C=O) groups is 1. The predicted octanol–water partition coefficient (Wildman–Crippen LogP) is 3.66. The number of benzene rings is 2. The Hall–Kier alpha value is -2.53. The number of fused-ring (bicyclic) bond motifs is 1. The Bertz CT molecular complexity index is 809. The van der Waals surface area contributed by atoms with E-state index in [4.69, 9.17) is 26.5 Å². The average molecular weight is 303 g/mol. The number of nitrogen functional groups attached to an aromatic ring is 1. The van der Waals surface area contributed by atoms with E-state index < -0.39 is 5.97 Å². The monoisotopic (exact) mass is 302 g/mol. The third kappa shape index (κ3) is 2.43. The van der Waals surface area contributed by atoms with Crippen LogP contribution in [-0.4, -0.2) is 11.0 Å². The maximum Gasteiger partial charge on any atom is 0.308 e. The third-order valence-electron chi connectivity index (χ3n) is 2.92. The highest BCUT2D eigenvalue weighted by Crippen LogP contribution is 2.38. The number of nitrogens with two attached hydrogens (primary N) is 1. The molecule has 1 heterocycles. The van der Waals surface area contributed by atoms with Crippen LogP contribution in [0.4, 0.5) is 5.69 Å². The maximum atomic E-state index is 11.0. The summed E-state index contributed by atoms with van der Waals surface area (Å²) in [6.45, 7) is 1.29. The van der Waals surface area contributed by atoms with Gasteiger partial charge < -0.3 is 14.9 Å². The topological polar surface area (TPSA) is 78.3 Å². The summed E-state index contributed by atoms with van der Waals surface area (Å²) >= 11 is 6.23. The molecule has 0 atom stereocenters. The lowest BCUT2D eigenvalue weighted by Gasteiger charge is -2.08. The number of hydrogen-bond donors (Lipinski definition) is 1. The van der Waals surface area contributed by atoms with Crippen molar-refractivity contribution in [1.82, 2.24) is 4.98 Å². The standard InChI is InChI=1S/C15H11ClN2O3/c1-8(19)20-12-7-6-9(13(16)14(12)17)15-18-10-4-2-3-5-11(10)21-15/h2-7H,17H2,1H3. The largest absolute Gasteiger partial charge is 0.436 e. The van der Waals surface area contributed by atoms with Crippen LogP contribution in [0.25, 0.3) is 22.6 Å². The van der Waals surface area contributed by atoms with Gasteiger partial charge in [0, 0.05) is 6.92 Å². The average Bonchev–Trinajstić information content (AvgIpc) is 2.87. The van der Waals surface area contributed by atoms with Crippen molar-refractivity contribution in [1.29, 1.82) is 0 Å². The molecule has 0 unspecified atom stereocenters. The molecule has 0 amide bonds. The lowest BCUT2D eigenvalue weighted by Crippen LogP contribution is -2.04. The van der Waals surface area contributed by atoms with Gasteiger partial charge in [0.05, 0.1) is 16.3 Å². The smallest absolute Gasteiger partial charge is 0.308 e. The lowest BCUT2D eigenvalue weighted by molar-refractivity contribution is -0.131. The molecule has 0 aliphatic heterocycles. The van der Waals surface area contributed by atoms with Crippen molar-refractivity contribution in [2.45, 2.75) is 6.92 Å². The molecule has 0 saturated heterocycles. The zero-order valence-electron chi connectivity index (χ0n) is 11.1. The van der Waals surface area contributed by atoms with Crippen molar-refractivity contribution < 1.29 is 13.9 Å². The molecule has 0 aliphatic carbocycles. The Kier molecular flexibility index (Phi) is 3.27. The van der Waals surface area contributed by atoms with Crippen LogP contribution in [0.3, 0.4) is 0 Å². The molecule has 21 heavy (non-hydrogen) atoms. The van der Waals surface area contributed by atoms with Crippen LogP contribution >= 0.6 is 11.6 Å². The van der Waals surface area contributed by atoms with Gasteiger partial charge in [0.15, 0.2) is 11.3 Å². The Morgan fingerprint density at radius 2 is 2.05 bits per heavy atom. The number of rotatable bonds is 2. The van der Waals surface area contributed by atoms with Crippen molar-refractivity contribution >= 4 is 34.4 Å². The van der Waals surface area contributed by atoms with E-state index in [9.17, 15) is 4.79 Å². The first-order valence-electron chi connectivity index (χ1n) is 6.18. The number of aromatic nitrogens is 1. The Morgan fingerprint density at radius 3 is 2.76 bits per heavy atom. The van der Waals surface area contributed by atoms with E-state index in [1.54, 1.807) is 12.1 Å². The van der Waals surface area contributed by atoms with E-state index in [0.29, 0.717) is 17.0 Å². The summed E-state index contributed by atoms with van der Waals surface area (Å²) < 4.78 is 10.6. The van der Waals surface area contributed by atoms with Crippen LogP contribution in [0.1, 0.15) is 6.92 Å². The summed E-state index contributed by atoms with van der Waals surface area (Å²) in [5.74, 6) is 0.113. The Labute approximate surface area is 125 Å². The number of anilines is 1. The van der Waals surface area contributed by atoms with Crippen LogP contribution in [0.5, 0.6) is 5.75 Å². The Balaban J connectivity index is 2.10. The first-order chi connectivity index (χ1) is 10.1. The van der Waals surface area contributed by atoms with Crippen molar-refractivity contribution in [2.75, 3.05) is 5.73 Å². The third-order valence-corrected chi connectivity index (χ3v) is 3.32. The van der Waals surface area contributed by atoms with Gasteiger partial charge in [-0.05, 0) is 24.3 Å². The fraction of sp³-hybridized carbons (Fsp3) is 0.0667. The lowest BCUT2D eigenvalue weighted by atomic mass is 10.2. The van der Waals surface area contributed by atoms with Crippen molar-refractivity contribution in [2.24, 2.45) is 0 Å². The Morgan fingerprint density at radius 1 is 1.29 bits per heavy atom. The van der Waals surface area contributed by atoms with Gasteiger partial charge in [-0.3, -0.25) is 4.79 Å². The molecule has 0 spiro atoms. The summed E-state index contributed by atoms with van der Waals surface area (Å²) in [6.07, 6.45) is 0. The number of ether oxygens (including phenoxy) is 1. The number of carbonyl (C=O) groups excluding carboxylic acids is 1. The second kappa shape index (κ2) is 5.10. The molecule has 1 aromatic heterocycles. The summed E-state index contributed by atoms with van der Waals surface area (Å²) in [5, 5.41) is 0.236. The van der Waals surface area contributed by atoms with Gasteiger partial charge in [0.25, 0.3) is 0 Å². The molecule has 3 aromatic rings. The summed E-state index contributed by atoms with van der Waals surface area (Å²) in [6, 6.07) is 10.6. The molecule has 106 valence electrons. The van der Waals surface area contributed by atoms with Gasteiger partial charge >= 0.3 is 5.97 Å². The quantitative estimate of drug-likeness (QED) is 0.444. The van der Waals surface area contributed by atoms with Gasteiger partial charge in [-0.25, -0.2) is 4.98 Å². The minimum Gasteiger partial charge on any atom is -0.436 e. The van der Waals surface area contributed by atoms with Crippen LogP contribution in [0.2, 0.25) is 5.02 Å². The molecular formula is C15H11ClN2O3. The second-order valence-electron chi connectivity index (χ2n) is 4.42. The summed E-state index contributed by atoms with van der Waals surface area (Å²) in [7, 11) is 0. The summed E-state index contributed by atoms with van der Waals surface area (Å²) in [5.41, 5.74) is 7.99. The minimum absolute atomic E-state index is 0.173. The maximum absolute atomic E-state index is 11.0. The van der Waals surface area contributed by atoms with Crippen LogP contribution in [-0.2, 0) is 4.79 Å². The number of hydrogen-bond acceptors (Lipinski definition) is 5. The van der Waals surface area contributed by atoms with Crippen LogP contribution in [0.15, 0.2) is 40.8 Å². The molecule has 3 rings (SSSR count). The molecule has 0 aliphatic rings. The SMILES string of the molecule is CC(=O)Oc1ccc(-c2nc3ccccc3o2)c(Cl)c1N. The molecule has 0 fully saturated rings. The molecule has 0 bridgehead atoms. The molecule has 5 nitrogen and oxygen atoms in total. The first-order valence-corrected chi connectivity index (χ1v) is 6.56. The number of halogens is 1. The van der Waals surface area contributed by atoms with Crippen LogP contribution < -0.4 is 10.5 Å². The fourth-order valence-corrected chi connectivity index (χ4v) is 2.21. The molecule has 2 N–H and O–H groups in total. The van der Waals surface area contributed by atoms with E-state index in [0.717, 1.165) is 5.52 Å². The zero-order valence-corrected chi connectivity index (χ0v) is 11.8. The molecule has 2 aromatic carbocycles. The molecule has 0 saturated carbocycles. The molecule has 0 radical (unpaired) electrons. The number of para-hydroxylation sites is 2. The van der Waals surface area contributed by atoms with E-state index in [1.807, 2.05) is 24.3 Å². The number of nitrogens with zero attached hydrogens (tertiary/aromatic N) is 1. The van der Waals surface area contributed by atoms with Gasteiger partial charge in [-0.1, -0.05) is 23.7 Å². The van der Waals surface area contributed by atoms with Gasteiger partial charge in [0.1, 0.15) is 5.52 Å². The highest BCUT2D eigenvalue weighted by Gasteiger charge is 2.17. The molecule has 6 heteroatoms. The van der Waals surface area contributed by atoms with Gasteiger partial charge in [-0.15, -0.1) is 0 Å². The van der Waals surface area contributed by atoms with E-state index >= 15 is 0 Å². The van der Waals surface area contributed by atoms with Gasteiger partial charge in [-0.2, -0.15) is 0 Å². The van der Waals surface area contributed by atoms with Crippen LogP contribution in [0, 0.1) is 0 Å². The highest BCUT2D eigenvalue weighted by molar-refractivity contribution is 6.36. The number of esters is 1. The van der Waals surface area contributed by atoms with Crippen molar-refractivity contribution in [3.63, 3.8) is 0 Å².